The third kappa shape index (κ3) is 4.70. The molecule has 7 heteroatoms. The zero-order valence-corrected chi connectivity index (χ0v) is 19.3. The summed E-state index contributed by atoms with van der Waals surface area (Å²) in [6.07, 6.45) is 3.72. The predicted molar refractivity (Wildman–Crippen MR) is 126 cm³/mol. The average molecular weight is 451 g/mol. The van der Waals surface area contributed by atoms with Crippen molar-refractivity contribution in [2.45, 2.75) is 46.1 Å². The first-order valence-electron chi connectivity index (χ1n) is 10.9. The minimum atomic E-state index is -0.188. The molecule has 32 heavy (non-hydrogen) atoms. The molecular weight excluding hydrogens is 424 g/mol. The molecule has 1 aliphatic carbocycles. The Hall–Kier alpha value is -3.12. The van der Waals surface area contributed by atoms with Crippen LogP contribution in [0.25, 0.3) is 5.69 Å². The van der Waals surface area contributed by atoms with Crippen LogP contribution in [0.4, 0.5) is 5.69 Å². The second-order valence-electron chi connectivity index (χ2n) is 8.25. The molecule has 0 radical (unpaired) electrons. The van der Waals surface area contributed by atoms with Gasteiger partial charge in [-0.1, -0.05) is 29.8 Å². The predicted octanol–water partition coefficient (Wildman–Crippen LogP) is 5.33. The summed E-state index contributed by atoms with van der Waals surface area (Å²) in [5, 5.41) is 8.20. The van der Waals surface area contributed by atoms with Gasteiger partial charge >= 0.3 is 0 Å². The van der Waals surface area contributed by atoms with E-state index in [-0.39, 0.29) is 11.8 Å². The molecular formula is C25H27ClN4O2. The highest BCUT2D eigenvalue weighted by atomic mass is 35.5. The van der Waals surface area contributed by atoms with Gasteiger partial charge in [0.15, 0.2) is 0 Å². The molecule has 1 saturated carbocycles. The third-order valence-electron chi connectivity index (χ3n) is 5.80. The molecule has 1 N–H and O–H groups in total. The van der Waals surface area contributed by atoms with E-state index in [9.17, 15) is 9.59 Å². The Morgan fingerprint density at radius 3 is 2.66 bits per heavy atom. The van der Waals surface area contributed by atoms with Crippen LogP contribution >= 0.6 is 11.6 Å². The first-order valence-corrected chi connectivity index (χ1v) is 11.3. The zero-order valence-electron chi connectivity index (χ0n) is 18.6. The van der Waals surface area contributed by atoms with E-state index in [1.54, 1.807) is 18.0 Å². The van der Waals surface area contributed by atoms with Crippen LogP contribution in [-0.4, -0.2) is 33.0 Å². The number of benzene rings is 2. The molecule has 0 atom stereocenters. The summed E-state index contributed by atoms with van der Waals surface area (Å²) in [6, 6.07) is 13.4. The number of amides is 2. The molecule has 1 aliphatic rings. The van der Waals surface area contributed by atoms with Crippen molar-refractivity contribution in [2.75, 3.05) is 11.9 Å². The fraction of sp³-hybridized carbons (Fsp3) is 0.320. The number of anilines is 1. The van der Waals surface area contributed by atoms with Crippen molar-refractivity contribution in [3.8, 4) is 5.69 Å². The van der Waals surface area contributed by atoms with Crippen molar-refractivity contribution in [3.63, 3.8) is 0 Å². The van der Waals surface area contributed by atoms with Crippen molar-refractivity contribution >= 4 is 29.1 Å². The molecule has 4 rings (SSSR count). The minimum Gasteiger partial charge on any atom is -0.339 e. The standard InChI is InChI=1S/C25H27ClN4O2/c1-4-29(17(3)31)15-18-6-5-7-20(12-18)28-25(32)22-14-27-30(24(22)19-9-10-19)21-11-8-16(2)23(26)13-21/h5-8,11-14,19H,4,9-10,15H2,1-3H3,(H,28,32). The van der Waals surface area contributed by atoms with Crippen LogP contribution in [0.3, 0.4) is 0 Å². The Morgan fingerprint density at radius 1 is 1.22 bits per heavy atom. The lowest BCUT2D eigenvalue weighted by atomic mass is 10.1. The van der Waals surface area contributed by atoms with Crippen LogP contribution in [0.1, 0.15) is 59.8 Å². The zero-order chi connectivity index (χ0) is 22.8. The molecule has 0 spiro atoms. The SMILES string of the molecule is CCN(Cc1cccc(NC(=O)c2cnn(-c3ccc(C)c(Cl)c3)c2C2CC2)c1)C(C)=O. The number of rotatable bonds is 7. The molecule has 0 bridgehead atoms. The molecule has 0 aliphatic heterocycles. The first kappa shape index (κ1) is 22.1. The molecule has 1 fully saturated rings. The fourth-order valence-corrected chi connectivity index (χ4v) is 3.99. The molecule has 0 unspecified atom stereocenters. The molecule has 2 aromatic carbocycles. The van der Waals surface area contributed by atoms with Gasteiger partial charge in [0.1, 0.15) is 0 Å². The van der Waals surface area contributed by atoms with Crippen LogP contribution in [0.15, 0.2) is 48.7 Å². The van der Waals surface area contributed by atoms with Crippen LogP contribution in [0.5, 0.6) is 0 Å². The Kier molecular flexibility index (Phi) is 6.33. The minimum absolute atomic E-state index is 0.0274. The van der Waals surface area contributed by atoms with Crippen molar-refractivity contribution in [2.24, 2.45) is 0 Å². The first-order chi connectivity index (χ1) is 15.4. The second-order valence-corrected chi connectivity index (χ2v) is 8.66. The van der Waals surface area contributed by atoms with Crippen molar-refractivity contribution < 1.29 is 9.59 Å². The van der Waals surface area contributed by atoms with E-state index in [2.05, 4.69) is 10.4 Å². The molecule has 166 valence electrons. The maximum absolute atomic E-state index is 13.2. The summed E-state index contributed by atoms with van der Waals surface area (Å²) in [6.45, 7) is 6.62. The van der Waals surface area contributed by atoms with E-state index in [1.165, 1.54) is 0 Å². The van der Waals surface area contributed by atoms with Gasteiger partial charge in [0.25, 0.3) is 5.91 Å². The Labute approximate surface area is 193 Å². The van der Waals surface area contributed by atoms with Gasteiger partial charge in [0.2, 0.25) is 5.91 Å². The van der Waals surface area contributed by atoms with E-state index in [0.29, 0.717) is 35.3 Å². The molecule has 1 heterocycles. The van der Waals surface area contributed by atoms with E-state index in [4.69, 9.17) is 11.6 Å². The Balaban J connectivity index is 1.58. The van der Waals surface area contributed by atoms with Crippen LogP contribution in [0.2, 0.25) is 5.02 Å². The average Bonchev–Trinajstić information content (AvgIpc) is 3.51. The summed E-state index contributed by atoms with van der Waals surface area (Å²) in [5.41, 5.74) is 5.01. The smallest absolute Gasteiger partial charge is 0.259 e. The van der Waals surface area contributed by atoms with Gasteiger partial charge in [-0.2, -0.15) is 5.10 Å². The van der Waals surface area contributed by atoms with Gasteiger partial charge in [0.05, 0.1) is 23.1 Å². The maximum atomic E-state index is 13.2. The number of carbonyl (C=O) groups is 2. The number of hydrogen-bond donors (Lipinski definition) is 1. The second kappa shape index (κ2) is 9.17. The number of nitrogens with one attached hydrogen (secondary N) is 1. The van der Waals surface area contributed by atoms with E-state index in [0.717, 1.165) is 35.3 Å². The molecule has 1 aromatic heterocycles. The lowest BCUT2D eigenvalue weighted by Gasteiger charge is -2.19. The largest absolute Gasteiger partial charge is 0.339 e. The van der Waals surface area contributed by atoms with Crippen molar-refractivity contribution in [1.82, 2.24) is 14.7 Å². The number of nitrogens with zero attached hydrogens (tertiary/aromatic N) is 3. The van der Waals surface area contributed by atoms with Crippen molar-refractivity contribution in [1.29, 1.82) is 0 Å². The number of aryl methyl sites for hydroxylation is 1. The van der Waals surface area contributed by atoms with Gasteiger partial charge < -0.3 is 10.2 Å². The van der Waals surface area contributed by atoms with Gasteiger partial charge in [-0.15, -0.1) is 0 Å². The maximum Gasteiger partial charge on any atom is 0.259 e. The van der Waals surface area contributed by atoms with E-state index >= 15 is 0 Å². The van der Waals surface area contributed by atoms with Crippen LogP contribution in [0, 0.1) is 6.92 Å². The van der Waals surface area contributed by atoms with Gasteiger partial charge in [-0.25, -0.2) is 4.68 Å². The Bertz CT molecular complexity index is 1170. The summed E-state index contributed by atoms with van der Waals surface area (Å²) < 4.78 is 1.83. The summed E-state index contributed by atoms with van der Waals surface area (Å²) in [4.78, 5) is 26.7. The molecule has 3 aromatic rings. The topological polar surface area (TPSA) is 67.2 Å². The van der Waals surface area contributed by atoms with Gasteiger partial charge in [0, 0.05) is 36.6 Å². The lowest BCUT2D eigenvalue weighted by Crippen LogP contribution is -2.27. The van der Waals surface area contributed by atoms with Crippen LogP contribution < -0.4 is 5.32 Å². The molecule has 6 nitrogen and oxygen atoms in total. The summed E-state index contributed by atoms with van der Waals surface area (Å²) in [7, 11) is 0. The third-order valence-corrected chi connectivity index (χ3v) is 6.21. The fourth-order valence-electron chi connectivity index (χ4n) is 3.81. The highest BCUT2D eigenvalue weighted by molar-refractivity contribution is 6.31. The quantitative estimate of drug-likeness (QED) is 0.528. The van der Waals surface area contributed by atoms with E-state index < -0.39 is 0 Å². The molecule has 2 amide bonds. The van der Waals surface area contributed by atoms with Gasteiger partial charge in [-0.05, 0) is 62.1 Å². The Morgan fingerprint density at radius 2 is 2.00 bits per heavy atom. The highest BCUT2D eigenvalue weighted by Crippen LogP contribution is 2.42. The number of halogens is 1. The van der Waals surface area contributed by atoms with Gasteiger partial charge in [-0.3, -0.25) is 9.59 Å². The molecule has 0 saturated heterocycles. The lowest BCUT2D eigenvalue weighted by molar-refractivity contribution is -0.129. The number of hydrogen-bond acceptors (Lipinski definition) is 3. The van der Waals surface area contributed by atoms with Crippen molar-refractivity contribution in [3.05, 3.63) is 76.1 Å². The highest BCUT2D eigenvalue weighted by Gasteiger charge is 2.33. The van der Waals surface area contributed by atoms with E-state index in [1.807, 2.05) is 61.0 Å². The monoisotopic (exact) mass is 450 g/mol. The number of aromatic nitrogens is 2. The summed E-state index contributed by atoms with van der Waals surface area (Å²) in [5.74, 6) is 0.158. The van der Waals surface area contributed by atoms with Crippen LogP contribution in [-0.2, 0) is 11.3 Å². The number of carbonyl (C=O) groups excluding carboxylic acids is 2. The normalized spacial score (nSPS) is 13.1. The summed E-state index contributed by atoms with van der Waals surface area (Å²) >= 11 is 6.32.